The Hall–Kier alpha value is -2.86. The number of nitrogens with one attached hydrogen (secondary N) is 1. The SMILES string of the molecule is COc1ccc(-n2cccc2[C@H]2[C@@H](c3ccccn3)NC(=S)N2C(C)C)cc1. The van der Waals surface area contributed by atoms with Crippen LogP contribution in [-0.2, 0) is 0 Å². The maximum atomic E-state index is 5.70. The van der Waals surface area contributed by atoms with Crippen molar-refractivity contribution in [3.05, 3.63) is 78.4 Å². The topological polar surface area (TPSA) is 42.3 Å². The Morgan fingerprint density at radius 2 is 1.86 bits per heavy atom. The van der Waals surface area contributed by atoms with Gasteiger partial charge >= 0.3 is 0 Å². The van der Waals surface area contributed by atoms with Crippen LogP contribution in [0, 0.1) is 0 Å². The molecule has 2 atom stereocenters. The van der Waals surface area contributed by atoms with Crippen LogP contribution in [0.3, 0.4) is 0 Å². The summed E-state index contributed by atoms with van der Waals surface area (Å²) >= 11 is 5.70. The van der Waals surface area contributed by atoms with Gasteiger partial charge in [0.25, 0.3) is 0 Å². The van der Waals surface area contributed by atoms with Crippen LogP contribution in [0.25, 0.3) is 5.69 Å². The molecule has 0 saturated carbocycles. The van der Waals surface area contributed by atoms with Crippen molar-refractivity contribution in [1.29, 1.82) is 0 Å². The lowest BCUT2D eigenvalue weighted by molar-refractivity contribution is 0.262. The first kappa shape index (κ1) is 18.5. The quantitative estimate of drug-likeness (QED) is 0.657. The van der Waals surface area contributed by atoms with Crippen molar-refractivity contribution in [2.45, 2.75) is 32.0 Å². The highest BCUT2D eigenvalue weighted by molar-refractivity contribution is 7.80. The number of aromatic nitrogens is 2. The molecule has 0 unspecified atom stereocenters. The van der Waals surface area contributed by atoms with Gasteiger partial charge in [0, 0.05) is 29.8 Å². The third-order valence-electron chi connectivity index (χ3n) is 5.13. The van der Waals surface area contributed by atoms with Crippen LogP contribution >= 0.6 is 12.2 Å². The van der Waals surface area contributed by atoms with Gasteiger partial charge < -0.3 is 19.5 Å². The van der Waals surface area contributed by atoms with Crippen molar-refractivity contribution in [3.8, 4) is 11.4 Å². The molecule has 1 aliphatic rings. The molecular formula is C22H24N4OS. The number of benzene rings is 1. The van der Waals surface area contributed by atoms with Crippen molar-refractivity contribution in [2.24, 2.45) is 0 Å². The molecule has 1 aliphatic heterocycles. The Morgan fingerprint density at radius 3 is 2.50 bits per heavy atom. The Labute approximate surface area is 171 Å². The molecule has 144 valence electrons. The van der Waals surface area contributed by atoms with Crippen LogP contribution in [0.2, 0.25) is 0 Å². The number of hydrogen-bond donors (Lipinski definition) is 1. The largest absolute Gasteiger partial charge is 0.497 e. The van der Waals surface area contributed by atoms with Gasteiger partial charge in [-0.1, -0.05) is 6.07 Å². The molecule has 28 heavy (non-hydrogen) atoms. The van der Waals surface area contributed by atoms with Crippen LogP contribution in [0.5, 0.6) is 5.75 Å². The molecule has 0 radical (unpaired) electrons. The molecule has 2 aromatic heterocycles. The van der Waals surface area contributed by atoms with Gasteiger partial charge in [-0.2, -0.15) is 0 Å². The van der Waals surface area contributed by atoms with Crippen LogP contribution < -0.4 is 10.1 Å². The van der Waals surface area contributed by atoms with Crippen LogP contribution in [0.4, 0.5) is 0 Å². The third kappa shape index (κ3) is 3.24. The molecule has 1 N–H and O–H groups in total. The first-order valence-corrected chi connectivity index (χ1v) is 9.82. The summed E-state index contributed by atoms with van der Waals surface area (Å²) in [5, 5.41) is 4.26. The zero-order chi connectivity index (χ0) is 19.7. The molecule has 1 fully saturated rings. The van der Waals surface area contributed by atoms with Gasteiger partial charge in [-0.3, -0.25) is 4.98 Å². The molecule has 1 saturated heterocycles. The average molecular weight is 393 g/mol. The summed E-state index contributed by atoms with van der Waals surface area (Å²) in [7, 11) is 1.68. The number of rotatable bonds is 5. The van der Waals surface area contributed by atoms with Crippen LogP contribution in [-0.4, -0.2) is 32.7 Å². The monoisotopic (exact) mass is 392 g/mol. The Morgan fingerprint density at radius 1 is 1.07 bits per heavy atom. The number of hydrogen-bond acceptors (Lipinski definition) is 3. The molecule has 0 aliphatic carbocycles. The standard InChI is InChI=1S/C22H24N4OS/c1-15(2)26-21(20(24-22(26)28)18-7-4-5-13-23-18)19-8-6-14-25(19)16-9-11-17(27-3)12-10-16/h4-15,20-21H,1-3H3,(H,24,28)/t20-,21+/m1/s1. The predicted octanol–water partition coefficient (Wildman–Crippen LogP) is 4.26. The molecule has 4 rings (SSSR count). The lowest BCUT2D eigenvalue weighted by Gasteiger charge is -2.31. The lowest BCUT2D eigenvalue weighted by Crippen LogP contribution is -2.36. The number of methoxy groups -OCH3 is 1. The minimum absolute atomic E-state index is 0.0111. The van der Waals surface area contributed by atoms with E-state index < -0.39 is 0 Å². The first-order valence-electron chi connectivity index (χ1n) is 9.41. The maximum Gasteiger partial charge on any atom is 0.170 e. The van der Waals surface area contributed by atoms with E-state index in [9.17, 15) is 0 Å². The second-order valence-corrected chi connectivity index (χ2v) is 7.52. The van der Waals surface area contributed by atoms with E-state index in [1.807, 2.05) is 30.5 Å². The second-order valence-electron chi connectivity index (χ2n) is 7.13. The first-order chi connectivity index (χ1) is 13.6. The molecule has 0 spiro atoms. The van der Waals surface area contributed by atoms with Gasteiger partial charge in [0.2, 0.25) is 0 Å². The number of pyridine rings is 1. The number of ether oxygens (including phenoxy) is 1. The minimum atomic E-state index is -0.0111. The van der Waals surface area contributed by atoms with E-state index in [-0.39, 0.29) is 18.1 Å². The van der Waals surface area contributed by atoms with Gasteiger partial charge in [0.05, 0.1) is 24.9 Å². The lowest BCUT2D eigenvalue weighted by atomic mass is 10.0. The van der Waals surface area contributed by atoms with E-state index in [0.717, 1.165) is 22.2 Å². The van der Waals surface area contributed by atoms with Crippen molar-refractivity contribution in [3.63, 3.8) is 0 Å². The van der Waals surface area contributed by atoms with Crippen molar-refractivity contribution in [2.75, 3.05) is 7.11 Å². The molecule has 0 bridgehead atoms. The Balaban J connectivity index is 1.80. The number of nitrogens with zero attached hydrogens (tertiary/aromatic N) is 3. The van der Waals surface area contributed by atoms with Gasteiger partial charge in [-0.15, -0.1) is 0 Å². The highest BCUT2D eigenvalue weighted by atomic mass is 32.1. The smallest absolute Gasteiger partial charge is 0.170 e. The van der Waals surface area contributed by atoms with Gasteiger partial charge in [-0.05, 0) is 74.6 Å². The molecule has 0 amide bonds. The van der Waals surface area contributed by atoms with Crippen molar-refractivity contribution < 1.29 is 4.74 Å². The molecule has 3 aromatic rings. The van der Waals surface area contributed by atoms with Crippen molar-refractivity contribution >= 4 is 17.3 Å². The second kappa shape index (κ2) is 7.64. The minimum Gasteiger partial charge on any atom is -0.497 e. The summed E-state index contributed by atoms with van der Waals surface area (Å²) in [6.45, 7) is 4.34. The molecule has 5 nitrogen and oxygen atoms in total. The summed E-state index contributed by atoms with van der Waals surface area (Å²) in [5.74, 6) is 0.844. The zero-order valence-corrected chi connectivity index (χ0v) is 17.1. The highest BCUT2D eigenvalue weighted by Crippen LogP contribution is 2.40. The average Bonchev–Trinajstić information content (AvgIpc) is 3.32. The van der Waals surface area contributed by atoms with Gasteiger partial charge in [-0.25, -0.2) is 0 Å². The molecule has 6 heteroatoms. The van der Waals surface area contributed by atoms with Gasteiger partial charge in [0.15, 0.2) is 5.11 Å². The summed E-state index contributed by atoms with van der Waals surface area (Å²) in [4.78, 5) is 6.87. The van der Waals surface area contributed by atoms with Gasteiger partial charge in [0.1, 0.15) is 5.75 Å². The highest BCUT2D eigenvalue weighted by Gasteiger charge is 2.42. The Kier molecular flexibility index (Phi) is 5.05. The fourth-order valence-electron chi connectivity index (χ4n) is 3.85. The fourth-order valence-corrected chi connectivity index (χ4v) is 4.30. The van der Waals surface area contributed by atoms with E-state index in [1.54, 1.807) is 7.11 Å². The summed E-state index contributed by atoms with van der Waals surface area (Å²) < 4.78 is 7.51. The van der Waals surface area contributed by atoms with E-state index in [0.29, 0.717) is 0 Å². The van der Waals surface area contributed by atoms with E-state index in [4.69, 9.17) is 17.0 Å². The summed E-state index contributed by atoms with van der Waals surface area (Å²) in [5.41, 5.74) is 3.24. The zero-order valence-electron chi connectivity index (χ0n) is 16.2. The van der Waals surface area contributed by atoms with Crippen LogP contribution in [0.15, 0.2) is 67.0 Å². The third-order valence-corrected chi connectivity index (χ3v) is 5.45. The normalized spacial score (nSPS) is 19.1. The fraction of sp³-hybridized carbons (Fsp3) is 0.273. The van der Waals surface area contributed by atoms with E-state index in [2.05, 4.69) is 70.1 Å². The molecule has 3 heterocycles. The number of thiocarbonyl (C=S) groups is 1. The van der Waals surface area contributed by atoms with Crippen molar-refractivity contribution in [1.82, 2.24) is 19.8 Å². The molecular weight excluding hydrogens is 368 g/mol. The maximum absolute atomic E-state index is 5.70. The Bertz CT molecular complexity index is 952. The summed E-state index contributed by atoms with van der Waals surface area (Å²) in [6.07, 6.45) is 3.92. The van der Waals surface area contributed by atoms with E-state index in [1.165, 1.54) is 5.69 Å². The molecule has 1 aromatic carbocycles. The predicted molar refractivity (Wildman–Crippen MR) is 115 cm³/mol. The van der Waals surface area contributed by atoms with Crippen LogP contribution in [0.1, 0.15) is 37.3 Å². The van der Waals surface area contributed by atoms with E-state index >= 15 is 0 Å². The summed E-state index contributed by atoms with van der Waals surface area (Å²) in [6, 6.07) is 18.6.